The van der Waals surface area contributed by atoms with E-state index in [2.05, 4.69) is 9.97 Å². The lowest BCUT2D eigenvalue weighted by molar-refractivity contribution is -0.129. The van der Waals surface area contributed by atoms with Crippen molar-refractivity contribution in [1.82, 2.24) is 19.8 Å². The van der Waals surface area contributed by atoms with Crippen molar-refractivity contribution in [2.24, 2.45) is 0 Å². The van der Waals surface area contributed by atoms with Gasteiger partial charge in [-0.3, -0.25) is 4.79 Å². The maximum Gasteiger partial charge on any atom is 0.227 e. The van der Waals surface area contributed by atoms with E-state index in [1.807, 2.05) is 63.3 Å². The van der Waals surface area contributed by atoms with Gasteiger partial charge >= 0.3 is 0 Å². The second kappa shape index (κ2) is 8.58. The summed E-state index contributed by atoms with van der Waals surface area (Å²) in [5, 5.41) is 0. The molecule has 6 heteroatoms. The molecule has 0 aliphatic rings. The van der Waals surface area contributed by atoms with Crippen LogP contribution in [0.15, 0.2) is 30.3 Å². The summed E-state index contributed by atoms with van der Waals surface area (Å²) in [5.41, 5.74) is 2.42. The molecular formula is C19H26N4O2. The number of nitrogens with zero attached hydrogens (tertiary/aromatic N) is 4. The van der Waals surface area contributed by atoms with Crippen LogP contribution < -0.4 is 4.74 Å². The normalized spacial score (nSPS) is 10.8. The minimum atomic E-state index is 0.0271. The molecule has 1 aromatic carbocycles. The predicted molar refractivity (Wildman–Crippen MR) is 98.7 cm³/mol. The number of hydrogen-bond donors (Lipinski definition) is 0. The third-order valence-corrected chi connectivity index (χ3v) is 4.04. The Balaban J connectivity index is 2.22. The molecule has 0 radical (unpaired) electrons. The number of likely N-dealkylation sites (N-methyl/N-ethyl adjacent to an activating group) is 2. The van der Waals surface area contributed by atoms with Crippen molar-refractivity contribution >= 4 is 5.91 Å². The van der Waals surface area contributed by atoms with Gasteiger partial charge in [0.15, 0.2) is 5.82 Å². The van der Waals surface area contributed by atoms with Crippen LogP contribution >= 0.6 is 0 Å². The van der Waals surface area contributed by atoms with Crippen LogP contribution in [-0.4, -0.2) is 67.0 Å². The van der Waals surface area contributed by atoms with Crippen LogP contribution in [0.3, 0.4) is 0 Å². The fourth-order valence-corrected chi connectivity index (χ4v) is 2.42. The molecule has 0 aliphatic heterocycles. The van der Waals surface area contributed by atoms with Gasteiger partial charge in [0.25, 0.3) is 0 Å². The third kappa shape index (κ3) is 5.00. The van der Waals surface area contributed by atoms with Crippen molar-refractivity contribution in [2.75, 3.05) is 41.3 Å². The lowest BCUT2D eigenvalue weighted by Gasteiger charge is -2.20. The maximum absolute atomic E-state index is 12.5. The van der Waals surface area contributed by atoms with Gasteiger partial charge in [0, 0.05) is 37.0 Å². The molecule has 2 rings (SSSR count). The van der Waals surface area contributed by atoms with E-state index in [0.29, 0.717) is 18.2 Å². The van der Waals surface area contributed by atoms with E-state index in [0.717, 1.165) is 23.4 Å². The Labute approximate surface area is 149 Å². The lowest BCUT2D eigenvalue weighted by atomic mass is 10.1. The average Bonchev–Trinajstić information content (AvgIpc) is 2.61. The summed E-state index contributed by atoms with van der Waals surface area (Å²) in [6.07, 6.45) is 0.230. The van der Waals surface area contributed by atoms with Gasteiger partial charge in [-0.15, -0.1) is 0 Å². The van der Waals surface area contributed by atoms with Crippen LogP contribution in [-0.2, 0) is 11.2 Å². The van der Waals surface area contributed by atoms with Gasteiger partial charge < -0.3 is 14.5 Å². The van der Waals surface area contributed by atoms with Crippen LogP contribution in [0.25, 0.3) is 11.4 Å². The number of amides is 1. The molecule has 0 saturated carbocycles. The number of aromatic nitrogens is 2. The molecular weight excluding hydrogens is 316 g/mol. The molecule has 1 amide bonds. The molecule has 0 bridgehead atoms. The molecule has 0 fully saturated rings. The summed E-state index contributed by atoms with van der Waals surface area (Å²) in [4.78, 5) is 25.3. The van der Waals surface area contributed by atoms with Gasteiger partial charge in [0.05, 0.1) is 13.5 Å². The molecule has 0 atom stereocenters. The minimum absolute atomic E-state index is 0.0271. The van der Waals surface area contributed by atoms with Crippen LogP contribution in [0.1, 0.15) is 11.3 Å². The number of carbonyl (C=O) groups excluding carboxylic acids is 1. The Morgan fingerprint density at radius 1 is 1.08 bits per heavy atom. The third-order valence-electron chi connectivity index (χ3n) is 4.04. The Morgan fingerprint density at radius 3 is 2.36 bits per heavy atom. The number of methoxy groups -OCH3 is 1. The zero-order chi connectivity index (χ0) is 18.4. The Hall–Kier alpha value is -2.47. The standard InChI is InChI=1S/C19H26N4O2/c1-14-16(13-17(24)23(4)12-11-22(2)3)19(25-5)21-18(20-14)15-9-7-6-8-10-15/h6-10H,11-13H2,1-5H3. The Kier molecular flexibility index (Phi) is 6.47. The molecule has 25 heavy (non-hydrogen) atoms. The van der Waals surface area contributed by atoms with E-state index in [9.17, 15) is 4.79 Å². The number of carbonyl (C=O) groups is 1. The molecule has 0 N–H and O–H groups in total. The van der Waals surface area contributed by atoms with E-state index >= 15 is 0 Å². The van der Waals surface area contributed by atoms with Crippen molar-refractivity contribution in [3.63, 3.8) is 0 Å². The molecule has 0 spiro atoms. The monoisotopic (exact) mass is 342 g/mol. The number of aryl methyl sites for hydroxylation is 1. The van der Waals surface area contributed by atoms with Crippen LogP contribution in [0, 0.1) is 6.92 Å². The molecule has 1 aromatic heterocycles. The van der Waals surface area contributed by atoms with Gasteiger partial charge in [-0.25, -0.2) is 4.98 Å². The fourth-order valence-electron chi connectivity index (χ4n) is 2.42. The number of benzene rings is 1. The molecule has 0 aliphatic carbocycles. The molecule has 6 nitrogen and oxygen atoms in total. The molecule has 134 valence electrons. The fraction of sp³-hybridized carbons (Fsp3) is 0.421. The highest BCUT2D eigenvalue weighted by Gasteiger charge is 2.18. The van der Waals surface area contributed by atoms with Crippen LogP contribution in [0.5, 0.6) is 5.88 Å². The number of ether oxygens (including phenoxy) is 1. The van der Waals surface area contributed by atoms with E-state index in [-0.39, 0.29) is 12.3 Å². The first-order valence-corrected chi connectivity index (χ1v) is 8.28. The highest BCUT2D eigenvalue weighted by molar-refractivity contribution is 5.79. The first-order valence-electron chi connectivity index (χ1n) is 8.28. The first kappa shape index (κ1) is 18.9. The molecule has 0 saturated heterocycles. The SMILES string of the molecule is COc1nc(-c2ccccc2)nc(C)c1CC(=O)N(C)CCN(C)C. The topological polar surface area (TPSA) is 58.6 Å². The summed E-state index contributed by atoms with van der Waals surface area (Å²) < 4.78 is 5.44. The zero-order valence-corrected chi connectivity index (χ0v) is 15.6. The smallest absolute Gasteiger partial charge is 0.227 e. The van der Waals surface area contributed by atoms with Crippen molar-refractivity contribution in [3.05, 3.63) is 41.6 Å². The van der Waals surface area contributed by atoms with Gasteiger partial charge in [-0.05, 0) is 21.0 Å². The summed E-state index contributed by atoms with van der Waals surface area (Å²) in [6, 6.07) is 9.74. The predicted octanol–water partition coefficient (Wildman–Crippen LogP) is 2.02. The van der Waals surface area contributed by atoms with E-state index in [1.54, 1.807) is 12.0 Å². The second-order valence-electron chi connectivity index (χ2n) is 6.28. The van der Waals surface area contributed by atoms with Gasteiger partial charge in [-0.1, -0.05) is 30.3 Å². The average molecular weight is 342 g/mol. The van der Waals surface area contributed by atoms with Gasteiger partial charge in [0.1, 0.15) is 0 Å². The van der Waals surface area contributed by atoms with Crippen LogP contribution in [0.4, 0.5) is 0 Å². The summed E-state index contributed by atoms with van der Waals surface area (Å²) in [6.45, 7) is 3.39. The maximum atomic E-state index is 12.5. The minimum Gasteiger partial charge on any atom is -0.481 e. The van der Waals surface area contributed by atoms with Crippen molar-refractivity contribution in [1.29, 1.82) is 0 Å². The van der Waals surface area contributed by atoms with Gasteiger partial charge in [-0.2, -0.15) is 4.98 Å². The molecule has 2 aromatic rings. The van der Waals surface area contributed by atoms with E-state index in [1.165, 1.54) is 0 Å². The lowest BCUT2D eigenvalue weighted by Crippen LogP contribution is -2.34. The second-order valence-corrected chi connectivity index (χ2v) is 6.28. The van der Waals surface area contributed by atoms with Crippen molar-refractivity contribution in [3.8, 4) is 17.3 Å². The Bertz CT molecular complexity index is 717. The molecule has 0 unspecified atom stereocenters. The first-order chi connectivity index (χ1) is 11.9. The number of rotatable bonds is 7. The van der Waals surface area contributed by atoms with Gasteiger partial charge in [0.2, 0.25) is 11.8 Å². The van der Waals surface area contributed by atoms with Crippen molar-refractivity contribution < 1.29 is 9.53 Å². The van der Waals surface area contributed by atoms with E-state index < -0.39 is 0 Å². The summed E-state index contributed by atoms with van der Waals surface area (Å²) >= 11 is 0. The highest BCUT2D eigenvalue weighted by atomic mass is 16.5. The summed E-state index contributed by atoms with van der Waals surface area (Å²) in [7, 11) is 7.36. The summed E-state index contributed by atoms with van der Waals surface area (Å²) in [5.74, 6) is 1.09. The van der Waals surface area contributed by atoms with Crippen LogP contribution in [0.2, 0.25) is 0 Å². The highest BCUT2D eigenvalue weighted by Crippen LogP contribution is 2.24. The zero-order valence-electron chi connectivity index (χ0n) is 15.6. The largest absolute Gasteiger partial charge is 0.481 e. The Morgan fingerprint density at radius 2 is 1.76 bits per heavy atom. The quantitative estimate of drug-likeness (QED) is 0.770. The molecule has 1 heterocycles. The van der Waals surface area contributed by atoms with E-state index in [4.69, 9.17) is 4.74 Å². The van der Waals surface area contributed by atoms with Crippen molar-refractivity contribution in [2.45, 2.75) is 13.3 Å². The number of hydrogen-bond acceptors (Lipinski definition) is 5.